The van der Waals surface area contributed by atoms with Crippen molar-refractivity contribution in [3.05, 3.63) is 35.1 Å². The van der Waals surface area contributed by atoms with Crippen molar-refractivity contribution in [2.24, 2.45) is 5.92 Å². The van der Waals surface area contributed by atoms with Gasteiger partial charge in [0.1, 0.15) is 0 Å². The van der Waals surface area contributed by atoms with Gasteiger partial charge in [-0.3, -0.25) is 4.79 Å². The average Bonchev–Trinajstić information content (AvgIpc) is 2.54. The summed E-state index contributed by atoms with van der Waals surface area (Å²) in [5.74, 6) is 1.30. The molecule has 0 radical (unpaired) electrons. The van der Waals surface area contributed by atoms with Crippen molar-refractivity contribution in [3.8, 4) is 11.5 Å². The first kappa shape index (κ1) is 14.6. The summed E-state index contributed by atoms with van der Waals surface area (Å²) in [6.45, 7) is 0.860. The van der Waals surface area contributed by atoms with Crippen molar-refractivity contribution >= 4 is 5.78 Å². The summed E-state index contributed by atoms with van der Waals surface area (Å²) in [6.07, 6.45) is 4.06. The van der Waals surface area contributed by atoms with Crippen LogP contribution in [0.4, 0.5) is 0 Å². The molecule has 2 aliphatic carbocycles. The van der Waals surface area contributed by atoms with Gasteiger partial charge >= 0.3 is 0 Å². The van der Waals surface area contributed by atoms with Crippen LogP contribution in [0.5, 0.6) is 11.5 Å². The number of ether oxygens (including phenoxy) is 2. The van der Waals surface area contributed by atoms with Gasteiger partial charge in [0.2, 0.25) is 0 Å². The summed E-state index contributed by atoms with van der Waals surface area (Å²) in [5.41, 5.74) is 1.68. The number of hydrogen-bond acceptors (Lipinski definition) is 5. The number of rotatable bonds is 2. The predicted octanol–water partition coefficient (Wildman–Crippen LogP) is 1.68. The van der Waals surface area contributed by atoms with Gasteiger partial charge in [0, 0.05) is 23.4 Å². The van der Waals surface area contributed by atoms with E-state index in [2.05, 4.69) is 5.32 Å². The number of fused-ring (bicyclic) bond motifs is 1. The van der Waals surface area contributed by atoms with Crippen LogP contribution >= 0.6 is 0 Å². The van der Waals surface area contributed by atoms with Gasteiger partial charge in [0.05, 0.1) is 14.2 Å². The Balaban J connectivity index is 2.00. The fourth-order valence-corrected chi connectivity index (χ4v) is 4.74. The van der Waals surface area contributed by atoms with Gasteiger partial charge < -0.3 is 19.9 Å². The van der Waals surface area contributed by atoms with Gasteiger partial charge in [0.15, 0.2) is 23.0 Å². The number of Topliss-reactive ketones (excluding diaryl/α,β-unsaturated/α-hetero) is 1. The number of phenols is 1. The zero-order chi connectivity index (χ0) is 16.2. The number of phenolic OH excluding ortho intramolecular Hbond substituents is 1. The van der Waals surface area contributed by atoms with Crippen LogP contribution in [0.25, 0.3) is 0 Å². The van der Waals surface area contributed by atoms with Crippen LogP contribution in [0, 0.1) is 5.92 Å². The number of ketones is 1. The Hall–Kier alpha value is -2.01. The maximum atomic E-state index is 12.3. The highest BCUT2D eigenvalue weighted by Gasteiger charge is 2.54. The summed E-state index contributed by atoms with van der Waals surface area (Å²) in [7, 11) is 3.10. The molecule has 2 N–H and O–H groups in total. The number of carbonyl (C=O) groups excluding carboxylic acids is 1. The molecule has 23 heavy (non-hydrogen) atoms. The lowest BCUT2D eigenvalue weighted by Gasteiger charge is -2.53. The molecule has 0 amide bonds. The van der Waals surface area contributed by atoms with E-state index in [1.165, 1.54) is 7.11 Å². The maximum Gasteiger partial charge on any atom is 0.197 e. The van der Waals surface area contributed by atoms with Crippen LogP contribution < -0.4 is 10.1 Å². The van der Waals surface area contributed by atoms with E-state index in [-0.39, 0.29) is 28.9 Å². The van der Waals surface area contributed by atoms with Gasteiger partial charge in [-0.15, -0.1) is 0 Å². The van der Waals surface area contributed by atoms with Gasteiger partial charge in [-0.05, 0) is 43.0 Å². The molecule has 0 unspecified atom stereocenters. The minimum atomic E-state index is -0.360. The molecule has 2 bridgehead atoms. The highest BCUT2D eigenvalue weighted by molar-refractivity contribution is 5.95. The van der Waals surface area contributed by atoms with Crippen molar-refractivity contribution < 1.29 is 19.4 Å². The van der Waals surface area contributed by atoms with Crippen molar-refractivity contribution in [2.75, 3.05) is 20.8 Å². The van der Waals surface area contributed by atoms with E-state index in [1.807, 2.05) is 18.2 Å². The smallest absolute Gasteiger partial charge is 0.197 e. The van der Waals surface area contributed by atoms with Gasteiger partial charge in [0.25, 0.3) is 0 Å². The van der Waals surface area contributed by atoms with Gasteiger partial charge in [-0.2, -0.15) is 0 Å². The molecular weight excluding hydrogens is 294 g/mol. The monoisotopic (exact) mass is 315 g/mol. The number of nitrogens with one attached hydrogen (secondary N) is 1. The largest absolute Gasteiger partial charge is 0.504 e. The number of aromatic hydroxyl groups is 1. The van der Waals surface area contributed by atoms with Crippen LogP contribution in [0.3, 0.4) is 0 Å². The number of methoxy groups -OCH3 is 2. The molecule has 4 rings (SSSR count). The Morgan fingerprint density at radius 2 is 2.09 bits per heavy atom. The Morgan fingerprint density at radius 1 is 1.26 bits per heavy atom. The topological polar surface area (TPSA) is 67.8 Å². The zero-order valence-corrected chi connectivity index (χ0v) is 13.4. The molecule has 3 aliphatic rings. The van der Waals surface area contributed by atoms with E-state index < -0.39 is 0 Å². The minimum absolute atomic E-state index is 0.0488. The number of benzene rings is 1. The molecule has 1 aliphatic heterocycles. The summed E-state index contributed by atoms with van der Waals surface area (Å²) in [5, 5.41) is 14.4. The quantitative estimate of drug-likeness (QED) is 0.869. The lowest BCUT2D eigenvalue weighted by atomic mass is 9.54. The Bertz CT molecular complexity index is 711. The molecule has 5 nitrogen and oxygen atoms in total. The van der Waals surface area contributed by atoms with Crippen molar-refractivity contribution in [1.82, 2.24) is 5.32 Å². The first-order valence-electron chi connectivity index (χ1n) is 8.03. The third-order valence-corrected chi connectivity index (χ3v) is 5.73. The number of piperidine rings is 1. The van der Waals surface area contributed by atoms with Crippen molar-refractivity contribution in [1.29, 1.82) is 0 Å². The second kappa shape index (κ2) is 4.99. The van der Waals surface area contributed by atoms with E-state index in [1.54, 1.807) is 7.11 Å². The Kier molecular flexibility index (Phi) is 3.17. The van der Waals surface area contributed by atoms with Gasteiger partial charge in [-0.25, -0.2) is 0 Å². The molecule has 1 aromatic carbocycles. The summed E-state index contributed by atoms with van der Waals surface area (Å²) >= 11 is 0. The first-order chi connectivity index (χ1) is 11.1. The maximum absolute atomic E-state index is 12.3. The van der Waals surface area contributed by atoms with Crippen LogP contribution in [-0.4, -0.2) is 37.7 Å². The molecular formula is C18H21NO4. The third kappa shape index (κ3) is 1.86. The van der Waals surface area contributed by atoms with Crippen molar-refractivity contribution in [2.45, 2.75) is 30.7 Å². The van der Waals surface area contributed by atoms with Crippen LogP contribution in [0.1, 0.15) is 24.0 Å². The van der Waals surface area contributed by atoms with Crippen LogP contribution in [0.15, 0.2) is 24.0 Å². The highest BCUT2D eigenvalue weighted by Crippen LogP contribution is 2.55. The van der Waals surface area contributed by atoms with Crippen molar-refractivity contribution in [3.63, 3.8) is 0 Å². The fraction of sp³-hybridized carbons (Fsp3) is 0.500. The lowest BCUT2D eigenvalue weighted by Crippen LogP contribution is -2.59. The summed E-state index contributed by atoms with van der Waals surface area (Å²) in [4.78, 5) is 12.3. The molecule has 5 heteroatoms. The van der Waals surface area contributed by atoms with E-state index in [0.29, 0.717) is 17.9 Å². The second-order valence-corrected chi connectivity index (χ2v) is 6.65. The normalized spacial score (nSPS) is 31.7. The zero-order valence-electron chi connectivity index (χ0n) is 13.4. The second-order valence-electron chi connectivity index (χ2n) is 6.65. The molecule has 0 aromatic heterocycles. The third-order valence-electron chi connectivity index (χ3n) is 5.73. The highest BCUT2D eigenvalue weighted by atomic mass is 16.5. The Morgan fingerprint density at radius 3 is 2.83 bits per heavy atom. The molecule has 122 valence electrons. The Labute approximate surface area is 135 Å². The number of hydrogen-bond donors (Lipinski definition) is 2. The van der Waals surface area contributed by atoms with E-state index in [9.17, 15) is 9.90 Å². The number of carbonyl (C=O) groups is 1. The standard InChI is InChI=1S/C18H21NO4/c1-22-14-4-3-10-7-12-11-8-13(20)15(23-2)9-18(11,5-6-19-12)16(10)17(14)21/h3-4,9,11-12,19,21H,5-8H2,1-2H3/t11-,12-,18+/m0/s1. The minimum Gasteiger partial charge on any atom is -0.504 e. The molecule has 0 saturated carbocycles. The average molecular weight is 315 g/mol. The number of allylic oxidation sites excluding steroid dienone is 2. The molecule has 1 fully saturated rings. The predicted molar refractivity (Wildman–Crippen MR) is 84.7 cm³/mol. The van der Waals surface area contributed by atoms with Gasteiger partial charge in [-0.1, -0.05) is 6.07 Å². The van der Waals surface area contributed by atoms with E-state index in [4.69, 9.17) is 9.47 Å². The molecule has 1 saturated heterocycles. The van der Waals surface area contributed by atoms with E-state index in [0.717, 1.165) is 30.5 Å². The van der Waals surface area contributed by atoms with E-state index >= 15 is 0 Å². The molecule has 1 aromatic rings. The SMILES string of the molecule is COC1=C[C@@]23CCN[C@@H](Cc4ccc(OC)c(O)c42)[C@@H]3CC1=O. The van der Waals surface area contributed by atoms with Crippen LogP contribution in [0.2, 0.25) is 0 Å². The lowest BCUT2D eigenvalue weighted by molar-refractivity contribution is -0.121. The molecule has 0 spiro atoms. The summed E-state index contributed by atoms with van der Waals surface area (Å²) in [6, 6.07) is 4.10. The van der Waals surface area contributed by atoms with Crippen LogP contribution in [-0.2, 0) is 21.4 Å². The fourth-order valence-electron chi connectivity index (χ4n) is 4.74. The molecule has 1 heterocycles. The first-order valence-corrected chi connectivity index (χ1v) is 8.03. The molecule has 3 atom stereocenters. The summed E-state index contributed by atoms with van der Waals surface area (Å²) < 4.78 is 10.6.